The van der Waals surface area contributed by atoms with Crippen molar-refractivity contribution in [2.45, 2.75) is 13.8 Å². The van der Waals surface area contributed by atoms with Gasteiger partial charge in [0.15, 0.2) is 16.7 Å². The molecule has 11 nitrogen and oxygen atoms in total. The van der Waals surface area contributed by atoms with Crippen LogP contribution in [-0.4, -0.2) is 42.9 Å². The molecule has 0 fully saturated rings. The molecule has 0 radical (unpaired) electrons. The summed E-state index contributed by atoms with van der Waals surface area (Å²) in [6, 6.07) is 9.58. The first-order valence-electron chi connectivity index (χ1n) is 9.51. The molecule has 2 aromatic carbocycles. The van der Waals surface area contributed by atoms with Crippen molar-refractivity contribution in [1.82, 2.24) is 25.1 Å². The van der Waals surface area contributed by atoms with Gasteiger partial charge in [0, 0.05) is 22.9 Å². The number of rotatable bonds is 5. The quantitative estimate of drug-likeness (QED) is 0.248. The first-order valence-corrected chi connectivity index (χ1v) is 10.7. The van der Waals surface area contributed by atoms with E-state index >= 15 is 0 Å². The van der Waals surface area contributed by atoms with Crippen LogP contribution in [0, 0.1) is 24.0 Å². The monoisotopic (exact) mass is 483 g/mol. The molecule has 2 aromatic heterocycles. The maximum absolute atomic E-state index is 12.5. The number of aromatic nitrogens is 4. The minimum atomic E-state index is -0.616. The number of nitrogens with zero attached hydrogens (tertiary/aromatic N) is 5. The van der Waals surface area contributed by atoms with Gasteiger partial charge in [0.25, 0.3) is 5.91 Å². The summed E-state index contributed by atoms with van der Waals surface area (Å²) in [5.74, 6) is 0.196. The lowest BCUT2D eigenvalue weighted by Crippen LogP contribution is -2.34. The van der Waals surface area contributed by atoms with E-state index in [2.05, 4.69) is 25.9 Å². The van der Waals surface area contributed by atoms with Crippen molar-refractivity contribution in [3.05, 3.63) is 63.5 Å². The number of nitro benzene ring substituents is 1. The Morgan fingerprint density at radius 3 is 2.67 bits per heavy atom. The van der Waals surface area contributed by atoms with Gasteiger partial charge in [0.1, 0.15) is 5.01 Å². The van der Waals surface area contributed by atoms with Gasteiger partial charge >= 0.3 is 5.69 Å². The van der Waals surface area contributed by atoms with E-state index in [1.54, 1.807) is 4.52 Å². The van der Waals surface area contributed by atoms with Crippen LogP contribution in [-0.2, 0) is 0 Å². The van der Waals surface area contributed by atoms with Crippen molar-refractivity contribution in [2.75, 3.05) is 12.4 Å². The van der Waals surface area contributed by atoms with Crippen molar-refractivity contribution in [3.8, 4) is 16.3 Å². The maximum atomic E-state index is 12.5. The van der Waals surface area contributed by atoms with Crippen molar-refractivity contribution in [2.24, 2.45) is 0 Å². The number of methoxy groups -OCH3 is 1. The second-order valence-corrected chi connectivity index (χ2v) is 8.29. The van der Waals surface area contributed by atoms with Crippen LogP contribution in [0.3, 0.4) is 0 Å². The summed E-state index contributed by atoms with van der Waals surface area (Å²) in [4.78, 5) is 23.8. The molecule has 0 aliphatic carbocycles. The fourth-order valence-electron chi connectivity index (χ4n) is 3.07. The Labute approximate surface area is 196 Å². The molecule has 0 aliphatic heterocycles. The number of hydrogen-bond acceptors (Lipinski definition) is 9. The molecule has 1 amide bonds. The van der Waals surface area contributed by atoms with Crippen LogP contribution in [0.1, 0.15) is 21.7 Å². The van der Waals surface area contributed by atoms with E-state index in [0.717, 1.165) is 22.2 Å². The summed E-state index contributed by atoms with van der Waals surface area (Å²) in [5, 5.41) is 30.1. The van der Waals surface area contributed by atoms with Gasteiger partial charge in [-0.3, -0.25) is 20.2 Å². The van der Waals surface area contributed by atoms with Gasteiger partial charge in [-0.2, -0.15) is 9.61 Å². The van der Waals surface area contributed by atoms with Crippen molar-refractivity contribution in [3.63, 3.8) is 0 Å². The first-order chi connectivity index (χ1) is 15.8. The highest BCUT2D eigenvalue weighted by atomic mass is 32.1. The molecule has 168 valence electrons. The van der Waals surface area contributed by atoms with Crippen LogP contribution in [0.15, 0.2) is 36.4 Å². The molecule has 2 N–H and O–H groups in total. The fraction of sp³-hybridized carbons (Fsp3) is 0.150. The number of ether oxygens (including phenoxy) is 1. The minimum absolute atomic E-state index is 0.0590. The summed E-state index contributed by atoms with van der Waals surface area (Å²) in [5.41, 5.74) is 2.26. The topological polar surface area (TPSA) is 137 Å². The Balaban J connectivity index is 1.46. The third-order valence-electron chi connectivity index (χ3n) is 4.73. The van der Waals surface area contributed by atoms with E-state index in [-0.39, 0.29) is 22.1 Å². The average Bonchev–Trinajstić information content (AvgIpc) is 3.36. The Morgan fingerprint density at radius 2 is 2.00 bits per heavy atom. The molecule has 0 saturated heterocycles. The number of fused-ring (bicyclic) bond motifs is 1. The van der Waals surface area contributed by atoms with Gasteiger partial charge in [0.2, 0.25) is 4.96 Å². The lowest BCUT2D eigenvalue weighted by Gasteiger charge is -2.12. The van der Waals surface area contributed by atoms with Crippen LogP contribution in [0.2, 0.25) is 0 Å². The number of nitrogens with one attached hydrogen (secondary N) is 2. The van der Waals surface area contributed by atoms with Gasteiger partial charge in [0.05, 0.1) is 12.0 Å². The number of carbonyl (C=O) groups excluding carboxylic acids is 1. The molecule has 0 aliphatic rings. The standard InChI is InChI=1S/C20H17N7O4S2/c1-10-8-13(18-25-26-11(2)23-24-20(26)33-18)4-6-14(10)21-19(32)22-17(28)12-5-7-16(31-3)15(9-12)27(29)30/h4-9H,1-3H3,(H2,21,22,28,32). The number of hydrogen-bond donors (Lipinski definition) is 2. The first kappa shape index (κ1) is 22.2. The largest absolute Gasteiger partial charge is 0.490 e. The van der Waals surface area contributed by atoms with Gasteiger partial charge < -0.3 is 10.1 Å². The predicted octanol–water partition coefficient (Wildman–Crippen LogP) is 3.51. The van der Waals surface area contributed by atoms with Crippen molar-refractivity contribution >= 4 is 50.9 Å². The van der Waals surface area contributed by atoms with E-state index in [9.17, 15) is 14.9 Å². The number of carbonyl (C=O) groups is 1. The molecule has 33 heavy (non-hydrogen) atoms. The smallest absolute Gasteiger partial charge is 0.311 e. The average molecular weight is 484 g/mol. The molecule has 2 heterocycles. The zero-order valence-corrected chi connectivity index (χ0v) is 19.3. The molecule has 0 spiro atoms. The van der Waals surface area contributed by atoms with E-state index < -0.39 is 10.8 Å². The number of anilines is 1. The minimum Gasteiger partial charge on any atom is -0.490 e. The van der Waals surface area contributed by atoms with E-state index in [1.165, 1.54) is 30.6 Å². The zero-order chi connectivity index (χ0) is 23.7. The molecule has 0 saturated carbocycles. The summed E-state index contributed by atoms with van der Waals surface area (Å²) < 4.78 is 6.64. The zero-order valence-electron chi connectivity index (χ0n) is 17.6. The molecule has 13 heteroatoms. The van der Waals surface area contributed by atoms with E-state index in [4.69, 9.17) is 17.0 Å². The number of nitro groups is 1. The number of aryl methyl sites for hydroxylation is 2. The third kappa shape index (κ3) is 4.49. The van der Waals surface area contributed by atoms with Gasteiger partial charge in [-0.05, 0) is 62.0 Å². The van der Waals surface area contributed by atoms with Crippen LogP contribution in [0.4, 0.5) is 11.4 Å². The molecular weight excluding hydrogens is 466 g/mol. The Hall–Kier alpha value is -3.97. The SMILES string of the molecule is COc1ccc(C(=O)NC(=S)Nc2ccc(-c3nn4c(C)nnc4s3)cc2C)cc1[N+](=O)[O-]. The van der Waals surface area contributed by atoms with Gasteiger partial charge in [-0.1, -0.05) is 11.3 Å². The number of amides is 1. The summed E-state index contributed by atoms with van der Waals surface area (Å²) >= 11 is 6.68. The molecule has 4 rings (SSSR count). The third-order valence-corrected chi connectivity index (χ3v) is 5.89. The van der Waals surface area contributed by atoms with Crippen molar-refractivity contribution < 1.29 is 14.5 Å². The van der Waals surface area contributed by atoms with Crippen LogP contribution in [0.25, 0.3) is 15.5 Å². The Kier molecular flexibility index (Phi) is 5.98. The van der Waals surface area contributed by atoms with Crippen molar-refractivity contribution in [1.29, 1.82) is 0 Å². The Bertz CT molecular complexity index is 1410. The summed E-state index contributed by atoms with van der Waals surface area (Å²) in [6.45, 7) is 3.73. The fourth-order valence-corrected chi connectivity index (χ4v) is 4.16. The van der Waals surface area contributed by atoms with Crippen LogP contribution < -0.4 is 15.4 Å². The molecule has 0 atom stereocenters. The second kappa shape index (κ2) is 8.88. The molecule has 0 unspecified atom stereocenters. The second-order valence-electron chi connectivity index (χ2n) is 6.93. The Morgan fingerprint density at radius 1 is 1.21 bits per heavy atom. The molecule has 0 bridgehead atoms. The lowest BCUT2D eigenvalue weighted by atomic mass is 10.1. The van der Waals surface area contributed by atoms with Crippen LogP contribution in [0.5, 0.6) is 5.75 Å². The summed E-state index contributed by atoms with van der Waals surface area (Å²) in [6.07, 6.45) is 0. The predicted molar refractivity (Wildman–Crippen MR) is 127 cm³/mol. The summed E-state index contributed by atoms with van der Waals surface area (Å²) in [7, 11) is 1.32. The number of thiocarbonyl (C=S) groups is 1. The van der Waals surface area contributed by atoms with Crippen LogP contribution >= 0.6 is 23.6 Å². The molecular formula is C20H17N7O4S2. The van der Waals surface area contributed by atoms with Gasteiger partial charge in [-0.15, -0.1) is 10.2 Å². The van der Waals surface area contributed by atoms with Gasteiger partial charge in [-0.25, -0.2) is 0 Å². The highest BCUT2D eigenvalue weighted by Crippen LogP contribution is 2.29. The highest BCUT2D eigenvalue weighted by molar-refractivity contribution is 7.80. The number of benzene rings is 2. The maximum Gasteiger partial charge on any atom is 0.311 e. The lowest BCUT2D eigenvalue weighted by molar-refractivity contribution is -0.385. The highest BCUT2D eigenvalue weighted by Gasteiger charge is 2.19. The normalized spacial score (nSPS) is 10.8. The van der Waals surface area contributed by atoms with E-state index in [0.29, 0.717) is 16.5 Å². The van der Waals surface area contributed by atoms with E-state index in [1.807, 2.05) is 32.0 Å². The molecule has 4 aromatic rings.